The number of amides is 2. The van der Waals surface area contributed by atoms with Crippen LogP contribution in [-0.4, -0.2) is 56.4 Å². The molecule has 1 aliphatic heterocycles. The molecule has 2 amide bonds. The van der Waals surface area contributed by atoms with Crippen LogP contribution in [-0.2, 0) is 4.79 Å². The third kappa shape index (κ3) is 5.99. The van der Waals surface area contributed by atoms with Gasteiger partial charge in [-0.05, 0) is 68.4 Å². The fourth-order valence-corrected chi connectivity index (χ4v) is 3.75. The van der Waals surface area contributed by atoms with Gasteiger partial charge in [0, 0.05) is 22.1 Å². The Hall–Kier alpha value is -3.10. The molecule has 2 aromatic carbocycles. The first kappa shape index (κ1) is 23.6. The quantitative estimate of drug-likeness (QED) is 0.488. The molecule has 0 unspecified atom stereocenters. The first-order valence-corrected chi connectivity index (χ1v) is 10.6. The van der Waals surface area contributed by atoms with Crippen LogP contribution in [0.15, 0.2) is 42.5 Å². The maximum atomic E-state index is 12.6. The fraction of sp³-hybridized carbons (Fsp3) is 0.348. The van der Waals surface area contributed by atoms with E-state index in [2.05, 4.69) is 10.9 Å². The molecule has 0 aromatic heterocycles. The molecule has 9 heteroatoms. The van der Waals surface area contributed by atoms with Crippen molar-refractivity contribution < 1.29 is 23.9 Å². The van der Waals surface area contributed by atoms with Crippen molar-refractivity contribution in [2.75, 3.05) is 33.9 Å². The molecule has 2 N–H and O–H groups in total. The minimum Gasteiger partial charge on any atom is -0.493 e. The summed E-state index contributed by atoms with van der Waals surface area (Å²) in [7, 11) is 2.99. The number of carbonyl (C=O) groups is 3. The van der Waals surface area contributed by atoms with Gasteiger partial charge in [-0.15, -0.1) is 0 Å². The number of hydrogen-bond acceptors (Lipinski definition) is 6. The second-order valence-electron chi connectivity index (χ2n) is 7.49. The predicted octanol–water partition coefficient (Wildman–Crippen LogP) is 2.71. The molecule has 0 saturated carbocycles. The van der Waals surface area contributed by atoms with Gasteiger partial charge in [0.25, 0.3) is 11.8 Å². The van der Waals surface area contributed by atoms with E-state index in [1.54, 1.807) is 36.4 Å². The van der Waals surface area contributed by atoms with E-state index in [9.17, 15) is 14.4 Å². The van der Waals surface area contributed by atoms with E-state index in [1.807, 2.05) is 4.90 Å². The lowest BCUT2D eigenvalue weighted by Crippen LogP contribution is -2.48. The van der Waals surface area contributed by atoms with Crippen LogP contribution in [0.1, 0.15) is 33.6 Å². The van der Waals surface area contributed by atoms with Crippen molar-refractivity contribution in [3.05, 3.63) is 58.6 Å². The number of ketones is 1. The summed E-state index contributed by atoms with van der Waals surface area (Å²) in [6.45, 7) is 1.39. The lowest BCUT2D eigenvalue weighted by molar-refractivity contribution is -0.123. The SMILES string of the molecule is COc1ccc(C(=O)NNC(=O)CN2CCC(C(=O)c3ccc(Cl)cc3)CC2)cc1OC. The van der Waals surface area contributed by atoms with Gasteiger partial charge in [-0.25, -0.2) is 0 Å². The lowest BCUT2D eigenvalue weighted by Gasteiger charge is -2.30. The van der Waals surface area contributed by atoms with Crippen LogP contribution in [0.2, 0.25) is 5.02 Å². The molecule has 2 aromatic rings. The average Bonchev–Trinajstić information content (AvgIpc) is 2.82. The van der Waals surface area contributed by atoms with Gasteiger partial charge in [0.1, 0.15) is 0 Å². The maximum Gasteiger partial charge on any atom is 0.269 e. The molecular formula is C23H26ClN3O5. The topological polar surface area (TPSA) is 97.0 Å². The molecule has 1 saturated heterocycles. The average molecular weight is 460 g/mol. The van der Waals surface area contributed by atoms with Crippen LogP contribution < -0.4 is 20.3 Å². The number of Topliss-reactive ketones (excluding diaryl/α,β-unsaturated/α-hetero) is 1. The Morgan fingerprint density at radius 1 is 0.938 bits per heavy atom. The summed E-state index contributed by atoms with van der Waals surface area (Å²) in [6.07, 6.45) is 1.35. The number of rotatable bonds is 7. The number of likely N-dealkylation sites (tertiary alicyclic amines) is 1. The molecule has 0 atom stereocenters. The van der Waals surface area contributed by atoms with E-state index < -0.39 is 5.91 Å². The minimum atomic E-state index is -0.466. The number of halogens is 1. The monoisotopic (exact) mass is 459 g/mol. The molecule has 3 rings (SSSR count). The zero-order chi connectivity index (χ0) is 23.1. The number of nitrogens with one attached hydrogen (secondary N) is 2. The molecule has 0 aliphatic carbocycles. The van der Waals surface area contributed by atoms with Crippen LogP contribution in [0.4, 0.5) is 0 Å². The van der Waals surface area contributed by atoms with Gasteiger partial charge >= 0.3 is 0 Å². The number of benzene rings is 2. The summed E-state index contributed by atoms with van der Waals surface area (Å²) < 4.78 is 10.3. The van der Waals surface area contributed by atoms with Crippen molar-refractivity contribution in [3.8, 4) is 11.5 Å². The molecule has 1 fully saturated rings. The van der Waals surface area contributed by atoms with Gasteiger partial charge in [0.2, 0.25) is 0 Å². The summed E-state index contributed by atoms with van der Waals surface area (Å²) in [4.78, 5) is 39.1. The number of hydrogen-bond donors (Lipinski definition) is 2. The summed E-state index contributed by atoms with van der Waals surface area (Å²) >= 11 is 5.88. The molecule has 0 bridgehead atoms. The molecule has 32 heavy (non-hydrogen) atoms. The van der Waals surface area contributed by atoms with Crippen molar-refractivity contribution in [1.29, 1.82) is 0 Å². The summed E-state index contributed by atoms with van der Waals surface area (Å²) in [5, 5.41) is 0.598. The van der Waals surface area contributed by atoms with Crippen LogP contribution in [0.3, 0.4) is 0 Å². The maximum absolute atomic E-state index is 12.6. The number of methoxy groups -OCH3 is 2. The van der Waals surface area contributed by atoms with Gasteiger partial charge in [-0.2, -0.15) is 0 Å². The van der Waals surface area contributed by atoms with Crippen LogP contribution in [0, 0.1) is 5.92 Å². The minimum absolute atomic E-state index is 0.0692. The van der Waals surface area contributed by atoms with Crippen LogP contribution in [0.25, 0.3) is 0 Å². The van der Waals surface area contributed by atoms with Crippen LogP contribution in [0.5, 0.6) is 11.5 Å². The summed E-state index contributed by atoms with van der Waals surface area (Å²) in [5.74, 6) is 0.162. The number of ether oxygens (including phenoxy) is 2. The van der Waals surface area contributed by atoms with E-state index in [1.165, 1.54) is 20.3 Å². The van der Waals surface area contributed by atoms with Gasteiger partial charge < -0.3 is 9.47 Å². The standard InChI is InChI=1S/C23H26ClN3O5/c1-31-19-8-5-17(13-20(19)32-2)23(30)26-25-21(28)14-27-11-9-16(10-12-27)22(29)15-3-6-18(24)7-4-15/h3-8,13,16H,9-12,14H2,1-2H3,(H,25,28)(H,26,30). The summed E-state index contributed by atoms with van der Waals surface area (Å²) in [5.41, 5.74) is 5.81. The van der Waals surface area contributed by atoms with E-state index in [-0.39, 0.29) is 24.2 Å². The van der Waals surface area contributed by atoms with Crippen molar-refractivity contribution >= 4 is 29.2 Å². The largest absolute Gasteiger partial charge is 0.493 e. The van der Waals surface area contributed by atoms with E-state index >= 15 is 0 Å². The van der Waals surface area contributed by atoms with E-state index in [0.717, 1.165) is 0 Å². The van der Waals surface area contributed by atoms with Crippen LogP contribution >= 0.6 is 11.6 Å². The molecule has 8 nitrogen and oxygen atoms in total. The first-order valence-electron chi connectivity index (χ1n) is 10.2. The van der Waals surface area contributed by atoms with Gasteiger partial charge in [0.05, 0.1) is 20.8 Å². The fourth-order valence-electron chi connectivity index (χ4n) is 3.62. The zero-order valence-electron chi connectivity index (χ0n) is 18.0. The van der Waals surface area contributed by atoms with Crippen molar-refractivity contribution in [2.24, 2.45) is 5.92 Å². The van der Waals surface area contributed by atoms with E-state index in [4.69, 9.17) is 21.1 Å². The van der Waals surface area contributed by atoms with Crippen molar-refractivity contribution in [3.63, 3.8) is 0 Å². The highest BCUT2D eigenvalue weighted by atomic mass is 35.5. The molecule has 170 valence electrons. The number of carbonyl (C=O) groups excluding carboxylic acids is 3. The lowest BCUT2D eigenvalue weighted by atomic mass is 9.89. The normalized spacial score (nSPS) is 14.5. The van der Waals surface area contributed by atoms with Crippen molar-refractivity contribution in [1.82, 2.24) is 15.8 Å². The smallest absolute Gasteiger partial charge is 0.269 e. The second-order valence-corrected chi connectivity index (χ2v) is 7.93. The third-order valence-corrected chi connectivity index (χ3v) is 5.67. The molecule has 0 spiro atoms. The van der Waals surface area contributed by atoms with E-state index in [0.29, 0.717) is 53.6 Å². The molecular weight excluding hydrogens is 434 g/mol. The van der Waals surface area contributed by atoms with Gasteiger partial charge in [-0.3, -0.25) is 30.1 Å². The number of piperidine rings is 1. The molecule has 1 heterocycles. The second kappa shape index (κ2) is 11.0. The molecule has 1 aliphatic rings. The number of hydrazine groups is 1. The summed E-state index contributed by atoms with van der Waals surface area (Å²) in [6, 6.07) is 11.6. The van der Waals surface area contributed by atoms with Crippen molar-refractivity contribution in [2.45, 2.75) is 12.8 Å². The highest BCUT2D eigenvalue weighted by Crippen LogP contribution is 2.27. The Balaban J connectivity index is 1.43. The Morgan fingerprint density at radius 3 is 2.19 bits per heavy atom. The highest BCUT2D eigenvalue weighted by Gasteiger charge is 2.26. The Morgan fingerprint density at radius 2 is 1.56 bits per heavy atom. The Kier molecular flexibility index (Phi) is 8.08. The molecule has 0 radical (unpaired) electrons. The van der Waals surface area contributed by atoms with Gasteiger partial charge in [0.15, 0.2) is 17.3 Å². The third-order valence-electron chi connectivity index (χ3n) is 5.42. The zero-order valence-corrected chi connectivity index (χ0v) is 18.8. The highest BCUT2D eigenvalue weighted by molar-refractivity contribution is 6.30. The predicted molar refractivity (Wildman–Crippen MR) is 120 cm³/mol. The Labute approximate surface area is 191 Å². The van der Waals surface area contributed by atoms with Gasteiger partial charge in [-0.1, -0.05) is 11.6 Å². The Bertz CT molecular complexity index is 972. The number of nitrogens with zero attached hydrogens (tertiary/aromatic N) is 1. The first-order chi connectivity index (χ1) is 15.4.